The van der Waals surface area contributed by atoms with Crippen LogP contribution in [-0.2, 0) is 14.3 Å². The number of ketones is 1. The first-order valence-electron chi connectivity index (χ1n) is 10.4. The fourth-order valence-corrected chi connectivity index (χ4v) is 4.09. The van der Waals surface area contributed by atoms with Crippen molar-refractivity contribution >= 4 is 11.7 Å². The van der Waals surface area contributed by atoms with Gasteiger partial charge in [0.1, 0.15) is 6.10 Å². The molecular formula is C22H29NO10. The fourth-order valence-electron chi connectivity index (χ4n) is 4.09. The molecule has 1 aromatic carbocycles. The molecule has 0 aromatic heterocycles. The van der Waals surface area contributed by atoms with E-state index in [0.29, 0.717) is 0 Å². The molecule has 11 nitrogen and oxygen atoms in total. The van der Waals surface area contributed by atoms with Gasteiger partial charge in [0.15, 0.2) is 35.1 Å². The molecule has 5 atom stereocenters. The lowest BCUT2D eigenvalue weighted by atomic mass is 9.71. The summed E-state index contributed by atoms with van der Waals surface area (Å²) in [6.45, 7) is 4.64. The zero-order chi connectivity index (χ0) is 24.7. The van der Waals surface area contributed by atoms with Crippen LogP contribution in [-0.4, -0.2) is 79.3 Å². The molecule has 1 unspecified atom stereocenters. The van der Waals surface area contributed by atoms with Crippen molar-refractivity contribution in [3.8, 4) is 17.2 Å². The first-order chi connectivity index (χ1) is 15.2. The summed E-state index contributed by atoms with van der Waals surface area (Å²) in [5.41, 5.74) is -0.937. The summed E-state index contributed by atoms with van der Waals surface area (Å²) in [5.74, 6) is -4.93. The predicted octanol–water partition coefficient (Wildman–Crippen LogP) is 0.0205. The molecule has 1 aromatic rings. The molecule has 1 amide bonds. The summed E-state index contributed by atoms with van der Waals surface area (Å²) in [6, 6.07) is 1.93. The maximum Gasteiger partial charge on any atom is 0.251 e. The Morgan fingerprint density at radius 1 is 1.21 bits per heavy atom. The Morgan fingerprint density at radius 2 is 1.82 bits per heavy atom. The minimum absolute atomic E-state index is 0.00197. The van der Waals surface area contributed by atoms with Crippen molar-refractivity contribution < 1.29 is 49.7 Å². The highest BCUT2D eigenvalue weighted by atomic mass is 16.8. The van der Waals surface area contributed by atoms with Crippen molar-refractivity contribution in [3.63, 3.8) is 0 Å². The van der Waals surface area contributed by atoms with E-state index in [0.717, 1.165) is 12.1 Å². The van der Waals surface area contributed by atoms with Crippen molar-refractivity contribution in [2.24, 2.45) is 5.41 Å². The number of aliphatic hydroxyl groups excluding tert-OH is 2. The van der Waals surface area contributed by atoms with Gasteiger partial charge in [0.25, 0.3) is 5.91 Å². The summed E-state index contributed by atoms with van der Waals surface area (Å²) in [5, 5.41) is 62.9. The predicted molar refractivity (Wildman–Crippen MR) is 112 cm³/mol. The third-order valence-corrected chi connectivity index (χ3v) is 6.06. The molecular weight excluding hydrogens is 438 g/mol. The van der Waals surface area contributed by atoms with Crippen LogP contribution < -0.4 is 5.32 Å². The minimum Gasteiger partial charge on any atom is -0.504 e. The van der Waals surface area contributed by atoms with Gasteiger partial charge in [-0.3, -0.25) is 9.59 Å². The minimum atomic E-state index is -1.95. The van der Waals surface area contributed by atoms with Gasteiger partial charge in [0.2, 0.25) is 0 Å². The lowest BCUT2D eigenvalue weighted by Gasteiger charge is -2.48. The molecule has 182 valence electrons. The number of aromatic hydroxyl groups is 3. The van der Waals surface area contributed by atoms with Crippen LogP contribution in [0.5, 0.6) is 17.2 Å². The van der Waals surface area contributed by atoms with E-state index in [1.807, 2.05) is 0 Å². The number of hydrogen-bond donors (Lipinski definition) is 7. The third-order valence-electron chi connectivity index (χ3n) is 6.06. The Labute approximate surface area is 189 Å². The first-order valence-corrected chi connectivity index (χ1v) is 10.4. The molecule has 0 spiro atoms. The Balaban J connectivity index is 1.71. The van der Waals surface area contributed by atoms with E-state index in [1.54, 1.807) is 13.8 Å². The Bertz CT molecular complexity index is 951. The van der Waals surface area contributed by atoms with Crippen molar-refractivity contribution in [3.05, 3.63) is 29.3 Å². The number of hydrogen-bond acceptors (Lipinski definition) is 10. The molecule has 11 heteroatoms. The highest BCUT2D eigenvalue weighted by Crippen LogP contribution is 2.45. The lowest BCUT2D eigenvalue weighted by Crippen LogP contribution is -2.59. The molecule has 1 aliphatic heterocycles. The summed E-state index contributed by atoms with van der Waals surface area (Å²) >= 11 is 0. The van der Waals surface area contributed by atoms with Gasteiger partial charge < -0.3 is 45.4 Å². The Kier molecular flexibility index (Phi) is 6.74. The molecule has 33 heavy (non-hydrogen) atoms. The topological polar surface area (TPSA) is 186 Å². The van der Waals surface area contributed by atoms with E-state index in [4.69, 9.17) is 9.47 Å². The third kappa shape index (κ3) is 4.82. The van der Waals surface area contributed by atoms with Crippen LogP contribution in [0, 0.1) is 5.41 Å². The highest BCUT2D eigenvalue weighted by molar-refractivity contribution is 5.95. The molecule has 0 saturated carbocycles. The fraction of sp³-hybridized carbons (Fsp3) is 0.545. The van der Waals surface area contributed by atoms with E-state index >= 15 is 0 Å². The summed E-state index contributed by atoms with van der Waals surface area (Å²) in [7, 11) is 0. The molecule has 2 aliphatic rings. The van der Waals surface area contributed by atoms with Crippen molar-refractivity contribution in [2.75, 3.05) is 6.54 Å². The van der Waals surface area contributed by atoms with Crippen LogP contribution >= 0.6 is 0 Å². The van der Waals surface area contributed by atoms with Gasteiger partial charge in [-0.1, -0.05) is 13.8 Å². The number of ether oxygens (including phenoxy) is 2. The van der Waals surface area contributed by atoms with Crippen molar-refractivity contribution in [1.29, 1.82) is 0 Å². The molecule has 1 saturated heterocycles. The molecule has 3 rings (SSSR count). The molecule has 1 heterocycles. The SMILES string of the molecule is CC1=CC(=O)CC(C)(C)[C@@]1(O)O[C@@H]1O[C@H](CNC(=O)c2cc(O)c(O)c(O)c2)CC(O)[C@H]1O. The number of benzene rings is 1. The van der Waals surface area contributed by atoms with Gasteiger partial charge >= 0.3 is 0 Å². The highest BCUT2D eigenvalue weighted by Gasteiger charge is 2.53. The second-order valence-corrected chi connectivity index (χ2v) is 9.11. The molecule has 0 bridgehead atoms. The van der Waals surface area contributed by atoms with Crippen LogP contribution in [0.4, 0.5) is 0 Å². The number of amides is 1. The maximum atomic E-state index is 12.4. The van der Waals surface area contributed by atoms with Crippen LogP contribution in [0.15, 0.2) is 23.8 Å². The smallest absolute Gasteiger partial charge is 0.251 e. The first kappa shape index (κ1) is 24.9. The standard InChI is InChI=1S/C22H29NO10/c1-10-4-12(24)8-21(2,3)22(10,31)33-20-18(29)16(27)7-13(32-20)9-23-19(30)11-5-14(25)17(28)15(26)6-11/h4-6,13,16,18,20,25-29,31H,7-9H2,1-3H3,(H,23,30)/t13-,16?,18+,20-,22-/m0/s1. The molecule has 1 aliphatic carbocycles. The number of rotatable bonds is 5. The molecule has 1 fully saturated rings. The summed E-state index contributed by atoms with van der Waals surface area (Å²) in [4.78, 5) is 24.3. The zero-order valence-corrected chi connectivity index (χ0v) is 18.5. The lowest BCUT2D eigenvalue weighted by molar-refractivity contribution is -0.358. The van der Waals surface area contributed by atoms with E-state index in [2.05, 4.69) is 5.32 Å². The maximum absolute atomic E-state index is 12.4. The number of nitrogens with one attached hydrogen (secondary N) is 1. The Hall–Kier alpha value is -2.70. The van der Waals surface area contributed by atoms with Gasteiger partial charge in [-0.25, -0.2) is 0 Å². The second-order valence-electron chi connectivity index (χ2n) is 9.11. The van der Waals surface area contributed by atoms with E-state index in [-0.39, 0.29) is 36.3 Å². The van der Waals surface area contributed by atoms with Crippen LogP contribution in [0.25, 0.3) is 0 Å². The van der Waals surface area contributed by atoms with E-state index < -0.39 is 59.0 Å². The van der Waals surface area contributed by atoms with Crippen LogP contribution in [0.1, 0.15) is 44.0 Å². The average molecular weight is 467 g/mol. The second kappa shape index (κ2) is 8.92. The molecule has 7 N–H and O–H groups in total. The number of allylic oxidation sites excluding steroid dienone is 1. The summed E-state index contributed by atoms with van der Waals surface area (Å²) in [6.07, 6.45) is -3.85. The normalized spacial score (nSPS) is 31.7. The number of aliphatic hydroxyl groups is 3. The zero-order valence-electron chi connectivity index (χ0n) is 18.5. The number of phenols is 3. The van der Waals surface area contributed by atoms with Crippen molar-refractivity contribution in [2.45, 2.75) is 64.0 Å². The number of carbonyl (C=O) groups is 2. The van der Waals surface area contributed by atoms with Gasteiger partial charge in [0, 0.05) is 30.4 Å². The number of carbonyl (C=O) groups excluding carboxylic acids is 2. The van der Waals surface area contributed by atoms with Gasteiger partial charge in [-0.05, 0) is 30.7 Å². The van der Waals surface area contributed by atoms with E-state index in [9.17, 15) is 40.2 Å². The van der Waals surface area contributed by atoms with Crippen LogP contribution in [0.2, 0.25) is 0 Å². The van der Waals surface area contributed by atoms with Crippen LogP contribution in [0.3, 0.4) is 0 Å². The van der Waals surface area contributed by atoms with Crippen molar-refractivity contribution in [1.82, 2.24) is 5.32 Å². The number of phenolic OH excluding ortho intramolecular Hbond substituents is 3. The van der Waals surface area contributed by atoms with Gasteiger partial charge in [-0.15, -0.1) is 0 Å². The average Bonchev–Trinajstić information content (AvgIpc) is 2.71. The van der Waals surface area contributed by atoms with Gasteiger partial charge in [0.05, 0.1) is 12.2 Å². The van der Waals surface area contributed by atoms with E-state index in [1.165, 1.54) is 13.0 Å². The monoisotopic (exact) mass is 467 g/mol. The largest absolute Gasteiger partial charge is 0.504 e. The summed E-state index contributed by atoms with van der Waals surface area (Å²) < 4.78 is 11.4. The van der Waals surface area contributed by atoms with Gasteiger partial charge in [-0.2, -0.15) is 0 Å². The molecule has 0 radical (unpaired) electrons. The Morgan fingerprint density at radius 3 is 2.39 bits per heavy atom. The quantitative estimate of drug-likeness (QED) is 0.230.